The molecule has 0 aromatic heterocycles. The molecule has 4 heteroatoms. The number of halogens is 2. The molecule has 0 N–H and O–H groups in total. The van der Waals surface area contributed by atoms with Crippen LogP contribution < -0.4 is 0 Å². The van der Waals surface area contributed by atoms with Crippen molar-refractivity contribution in [1.82, 2.24) is 0 Å². The maximum absolute atomic E-state index is 14.1. The van der Waals surface area contributed by atoms with Gasteiger partial charge < -0.3 is 0 Å². The van der Waals surface area contributed by atoms with Crippen LogP contribution in [0.25, 0.3) is 21.5 Å². The van der Waals surface area contributed by atoms with E-state index in [1.54, 1.807) is 36.4 Å². The zero-order chi connectivity index (χ0) is 18.0. The highest BCUT2D eigenvalue weighted by molar-refractivity contribution is 6.30. The summed E-state index contributed by atoms with van der Waals surface area (Å²) in [5.74, 6) is -1.63. The van der Waals surface area contributed by atoms with Gasteiger partial charge in [0.2, 0.25) is 0 Å². The Bertz CT molecular complexity index is 1190. The highest BCUT2D eigenvalue weighted by Gasteiger charge is 2.31. The predicted molar refractivity (Wildman–Crippen MR) is 94.7 cm³/mol. The number of benzene rings is 4. The minimum atomic E-state index is -0.457. The average molecular weight is 344 g/mol. The Labute approximate surface area is 146 Å². The maximum Gasteiger partial charge on any atom is 0.194 e. The minimum Gasteiger partial charge on any atom is -0.289 e. The minimum absolute atomic E-state index is 0.149. The van der Waals surface area contributed by atoms with Crippen LogP contribution in [0.1, 0.15) is 31.8 Å². The lowest BCUT2D eigenvalue weighted by molar-refractivity contribution is 0.0979. The van der Waals surface area contributed by atoms with Crippen molar-refractivity contribution in [2.45, 2.75) is 0 Å². The van der Waals surface area contributed by atoms with Gasteiger partial charge in [0.15, 0.2) is 11.6 Å². The zero-order valence-electron chi connectivity index (χ0n) is 13.3. The molecule has 0 atom stereocenters. The molecule has 124 valence electrons. The molecule has 0 radical (unpaired) electrons. The summed E-state index contributed by atoms with van der Waals surface area (Å²) in [6.07, 6.45) is 0. The van der Waals surface area contributed by atoms with E-state index in [4.69, 9.17) is 0 Å². The average Bonchev–Trinajstić information content (AvgIpc) is 2.65. The second kappa shape index (κ2) is 5.05. The van der Waals surface area contributed by atoms with Gasteiger partial charge >= 0.3 is 0 Å². The van der Waals surface area contributed by atoms with Gasteiger partial charge in [0.05, 0.1) is 0 Å². The molecule has 1 aliphatic carbocycles. The van der Waals surface area contributed by atoms with Crippen LogP contribution in [0.4, 0.5) is 8.78 Å². The molecule has 1 aliphatic rings. The number of rotatable bonds is 0. The quantitative estimate of drug-likeness (QED) is 0.394. The van der Waals surface area contributed by atoms with Crippen molar-refractivity contribution in [3.05, 3.63) is 94.6 Å². The predicted octanol–water partition coefficient (Wildman–Crippen LogP) is 5.05. The highest BCUT2D eigenvalue weighted by atomic mass is 19.1. The van der Waals surface area contributed by atoms with Crippen LogP contribution in [-0.4, -0.2) is 11.6 Å². The molecule has 0 saturated heterocycles. The molecule has 26 heavy (non-hydrogen) atoms. The van der Waals surface area contributed by atoms with Crippen LogP contribution >= 0.6 is 0 Å². The third-order valence-corrected chi connectivity index (χ3v) is 4.91. The first kappa shape index (κ1) is 14.9. The van der Waals surface area contributed by atoms with Crippen LogP contribution in [0.3, 0.4) is 0 Å². The van der Waals surface area contributed by atoms with E-state index in [2.05, 4.69) is 0 Å². The van der Waals surface area contributed by atoms with E-state index in [1.807, 2.05) is 0 Å². The number of hydrogen-bond acceptors (Lipinski definition) is 2. The van der Waals surface area contributed by atoms with Crippen LogP contribution in [0.2, 0.25) is 0 Å². The van der Waals surface area contributed by atoms with Crippen molar-refractivity contribution < 1.29 is 18.4 Å². The molecule has 2 nitrogen and oxygen atoms in total. The molecule has 0 fully saturated rings. The number of carbonyl (C=O) groups excluding carboxylic acids is 2. The number of ketones is 2. The van der Waals surface area contributed by atoms with Gasteiger partial charge in [-0.1, -0.05) is 24.3 Å². The van der Waals surface area contributed by atoms with Crippen LogP contribution in [-0.2, 0) is 0 Å². The molecular formula is C22H10F2O2. The van der Waals surface area contributed by atoms with Gasteiger partial charge in [-0.15, -0.1) is 0 Å². The molecular weight excluding hydrogens is 334 g/mol. The van der Waals surface area contributed by atoms with E-state index in [9.17, 15) is 18.4 Å². The highest BCUT2D eigenvalue weighted by Crippen LogP contribution is 2.34. The maximum atomic E-state index is 14.1. The smallest absolute Gasteiger partial charge is 0.194 e. The standard InChI is InChI=1S/C22H10F2O2/c23-19-5-1-3-11-7-15-17(9-13(11)19)22(26)18-10-14-12(4-2-6-20(14)24)8-16(18)21(15)25/h1-10H. The first-order valence-electron chi connectivity index (χ1n) is 8.08. The summed E-state index contributed by atoms with van der Waals surface area (Å²) < 4.78 is 28.2. The molecule has 0 unspecified atom stereocenters. The summed E-state index contributed by atoms with van der Waals surface area (Å²) in [5, 5.41) is 1.67. The van der Waals surface area contributed by atoms with Crippen molar-refractivity contribution in [3.63, 3.8) is 0 Å². The lowest BCUT2D eigenvalue weighted by Gasteiger charge is -2.19. The van der Waals surface area contributed by atoms with Gasteiger partial charge in [0.25, 0.3) is 0 Å². The van der Waals surface area contributed by atoms with Gasteiger partial charge in [-0.25, -0.2) is 8.78 Å². The lowest BCUT2D eigenvalue weighted by Crippen LogP contribution is -2.21. The molecule has 0 heterocycles. The summed E-state index contributed by atoms with van der Waals surface area (Å²) in [6.45, 7) is 0. The van der Waals surface area contributed by atoms with Crippen molar-refractivity contribution in [2.75, 3.05) is 0 Å². The van der Waals surface area contributed by atoms with Gasteiger partial charge in [-0.2, -0.15) is 0 Å². The van der Waals surface area contributed by atoms with Crippen LogP contribution in [0.5, 0.6) is 0 Å². The monoisotopic (exact) mass is 344 g/mol. The number of carbonyl (C=O) groups is 2. The topological polar surface area (TPSA) is 34.1 Å². The normalized spacial score (nSPS) is 13.2. The van der Waals surface area contributed by atoms with Crippen molar-refractivity contribution >= 4 is 33.1 Å². The molecule has 4 aromatic carbocycles. The van der Waals surface area contributed by atoms with Crippen molar-refractivity contribution in [1.29, 1.82) is 0 Å². The Kier molecular flexibility index (Phi) is 2.89. The third-order valence-electron chi connectivity index (χ3n) is 4.91. The van der Waals surface area contributed by atoms with E-state index in [-0.39, 0.29) is 38.8 Å². The van der Waals surface area contributed by atoms with Gasteiger partial charge in [-0.05, 0) is 47.2 Å². The number of hydrogen-bond donors (Lipinski definition) is 0. The van der Waals surface area contributed by atoms with Crippen LogP contribution in [0, 0.1) is 11.6 Å². The van der Waals surface area contributed by atoms with E-state index in [0.717, 1.165) is 0 Å². The summed E-state index contributed by atoms with van der Waals surface area (Å²) in [5.41, 5.74) is 0.791. The van der Waals surface area contributed by atoms with Gasteiger partial charge in [0.1, 0.15) is 11.6 Å². The fourth-order valence-corrected chi connectivity index (χ4v) is 3.62. The Morgan fingerprint density at radius 1 is 0.538 bits per heavy atom. The van der Waals surface area contributed by atoms with Crippen molar-refractivity contribution in [2.24, 2.45) is 0 Å². The largest absolute Gasteiger partial charge is 0.289 e. The van der Waals surface area contributed by atoms with E-state index >= 15 is 0 Å². The SMILES string of the molecule is O=C1c2cc3cccc(F)c3cc2C(=O)c2cc3c(F)cccc3cc21. The molecule has 4 aromatic rings. The third kappa shape index (κ3) is 1.90. The first-order chi connectivity index (χ1) is 12.5. The van der Waals surface area contributed by atoms with Gasteiger partial charge in [-0.3, -0.25) is 9.59 Å². The second-order valence-electron chi connectivity index (χ2n) is 6.38. The molecule has 0 spiro atoms. The molecule has 0 saturated carbocycles. The Balaban J connectivity index is 1.85. The van der Waals surface area contributed by atoms with Gasteiger partial charge in [0, 0.05) is 33.0 Å². The summed E-state index contributed by atoms with van der Waals surface area (Å²) in [4.78, 5) is 25.9. The lowest BCUT2D eigenvalue weighted by atomic mass is 9.81. The zero-order valence-corrected chi connectivity index (χ0v) is 13.3. The molecule has 5 rings (SSSR count). The van der Waals surface area contributed by atoms with E-state index in [0.29, 0.717) is 10.8 Å². The van der Waals surface area contributed by atoms with E-state index in [1.165, 1.54) is 24.3 Å². The Morgan fingerprint density at radius 2 is 0.923 bits per heavy atom. The fraction of sp³-hybridized carbons (Fsp3) is 0. The van der Waals surface area contributed by atoms with Crippen molar-refractivity contribution in [3.8, 4) is 0 Å². The summed E-state index contributed by atoms with van der Waals surface area (Å²) in [7, 11) is 0. The fourth-order valence-electron chi connectivity index (χ4n) is 3.62. The molecule has 0 amide bonds. The summed E-state index contributed by atoms with van der Waals surface area (Å²) >= 11 is 0. The Hall–Kier alpha value is -3.40. The molecule has 0 bridgehead atoms. The second-order valence-corrected chi connectivity index (χ2v) is 6.38. The Morgan fingerprint density at radius 3 is 1.35 bits per heavy atom. The number of fused-ring (bicyclic) bond motifs is 4. The first-order valence-corrected chi connectivity index (χ1v) is 8.08. The molecule has 0 aliphatic heterocycles. The van der Waals surface area contributed by atoms with Crippen LogP contribution in [0.15, 0.2) is 60.7 Å². The summed E-state index contributed by atoms with van der Waals surface area (Å²) in [6, 6.07) is 15.0. The van der Waals surface area contributed by atoms with E-state index < -0.39 is 17.4 Å².